The number of anilines is 1. The van der Waals surface area contributed by atoms with Crippen molar-refractivity contribution in [3.63, 3.8) is 0 Å². The summed E-state index contributed by atoms with van der Waals surface area (Å²) in [6, 6.07) is 2.67. The van der Waals surface area contributed by atoms with Gasteiger partial charge < -0.3 is 11.1 Å². The molecule has 4 heteroatoms. The highest BCUT2D eigenvalue weighted by molar-refractivity contribution is 5.38. The van der Waals surface area contributed by atoms with Crippen molar-refractivity contribution in [3.05, 3.63) is 18.1 Å². The molecule has 4 nitrogen and oxygen atoms in total. The average molecular weight is 206 g/mol. The minimum absolute atomic E-state index is 0.152. The maximum Gasteiger partial charge on any atom is 0.129 e. The maximum atomic E-state index is 5.96. The molecule has 0 spiro atoms. The van der Waals surface area contributed by atoms with Crippen molar-refractivity contribution >= 4 is 5.82 Å². The van der Waals surface area contributed by atoms with Gasteiger partial charge in [0.25, 0.3) is 0 Å². The molecule has 2 rings (SSSR count). The molecule has 0 bridgehead atoms. The molecule has 2 atom stereocenters. The molecule has 15 heavy (non-hydrogen) atoms. The molecule has 1 aromatic heterocycles. The van der Waals surface area contributed by atoms with E-state index in [9.17, 15) is 0 Å². The predicted octanol–water partition coefficient (Wildman–Crippen LogP) is 1.32. The van der Waals surface area contributed by atoms with Gasteiger partial charge in [0, 0.05) is 29.3 Å². The Balaban J connectivity index is 2.05. The third-order valence-corrected chi connectivity index (χ3v) is 3.47. The second-order valence-electron chi connectivity index (χ2n) is 4.91. The Morgan fingerprint density at radius 3 is 2.73 bits per heavy atom. The normalized spacial score (nSPS) is 28.3. The summed E-state index contributed by atoms with van der Waals surface area (Å²) in [5.74, 6) is 0.896. The SMILES string of the molecule is Cc1cc(NC2CC(N)C2(C)C)ncn1. The summed E-state index contributed by atoms with van der Waals surface area (Å²) in [6.45, 7) is 6.34. The first kappa shape index (κ1) is 10.4. The smallest absolute Gasteiger partial charge is 0.129 e. The summed E-state index contributed by atoms with van der Waals surface area (Å²) in [5.41, 5.74) is 7.09. The summed E-state index contributed by atoms with van der Waals surface area (Å²) in [7, 11) is 0. The lowest BCUT2D eigenvalue weighted by molar-refractivity contribution is 0.117. The highest BCUT2D eigenvalue weighted by Crippen LogP contribution is 2.40. The van der Waals surface area contributed by atoms with Crippen LogP contribution in [0.4, 0.5) is 5.82 Å². The van der Waals surface area contributed by atoms with Crippen LogP contribution in [0.3, 0.4) is 0 Å². The van der Waals surface area contributed by atoms with E-state index >= 15 is 0 Å². The van der Waals surface area contributed by atoms with Gasteiger partial charge in [-0.05, 0) is 13.3 Å². The molecular formula is C11H18N4. The van der Waals surface area contributed by atoms with Crippen LogP contribution in [0.15, 0.2) is 12.4 Å². The van der Waals surface area contributed by atoms with Crippen LogP contribution in [0.1, 0.15) is 26.0 Å². The van der Waals surface area contributed by atoms with Crippen molar-refractivity contribution in [2.75, 3.05) is 5.32 Å². The van der Waals surface area contributed by atoms with Crippen molar-refractivity contribution in [1.82, 2.24) is 9.97 Å². The molecule has 1 aromatic rings. The Morgan fingerprint density at radius 2 is 2.20 bits per heavy atom. The molecule has 0 amide bonds. The number of nitrogens with zero attached hydrogens (tertiary/aromatic N) is 2. The Hall–Kier alpha value is -1.16. The van der Waals surface area contributed by atoms with Gasteiger partial charge in [0.15, 0.2) is 0 Å². The lowest BCUT2D eigenvalue weighted by atomic mass is 9.63. The number of aromatic nitrogens is 2. The zero-order valence-electron chi connectivity index (χ0n) is 9.49. The highest BCUT2D eigenvalue weighted by Gasteiger charge is 2.46. The Kier molecular flexibility index (Phi) is 2.38. The van der Waals surface area contributed by atoms with Crippen LogP contribution < -0.4 is 11.1 Å². The van der Waals surface area contributed by atoms with Gasteiger partial charge in [0.2, 0.25) is 0 Å². The van der Waals surface area contributed by atoms with E-state index in [0.29, 0.717) is 6.04 Å². The molecule has 0 radical (unpaired) electrons. The van der Waals surface area contributed by atoms with E-state index in [1.165, 1.54) is 0 Å². The molecule has 1 fully saturated rings. The van der Waals surface area contributed by atoms with E-state index in [2.05, 4.69) is 29.1 Å². The molecule has 0 aliphatic heterocycles. The summed E-state index contributed by atoms with van der Waals surface area (Å²) >= 11 is 0. The fourth-order valence-corrected chi connectivity index (χ4v) is 1.92. The van der Waals surface area contributed by atoms with Gasteiger partial charge in [-0.2, -0.15) is 0 Å². The van der Waals surface area contributed by atoms with Gasteiger partial charge in [0.1, 0.15) is 12.1 Å². The molecule has 3 N–H and O–H groups in total. The second-order valence-corrected chi connectivity index (χ2v) is 4.91. The van der Waals surface area contributed by atoms with Gasteiger partial charge in [0.05, 0.1) is 0 Å². The van der Waals surface area contributed by atoms with Crippen LogP contribution in [-0.2, 0) is 0 Å². The zero-order valence-corrected chi connectivity index (χ0v) is 9.49. The number of hydrogen-bond donors (Lipinski definition) is 2. The van der Waals surface area contributed by atoms with Gasteiger partial charge in [-0.25, -0.2) is 9.97 Å². The molecule has 0 aromatic carbocycles. The van der Waals surface area contributed by atoms with E-state index in [-0.39, 0.29) is 11.5 Å². The molecule has 0 saturated heterocycles. The fourth-order valence-electron chi connectivity index (χ4n) is 1.92. The molecular weight excluding hydrogens is 188 g/mol. The van der Waals surface area contributed by atoms with Crippen LogP contribution >= 0.6 is 0 Å². The number of hydrogen-bond acceptors (Lipinski definition) is 4. The average Bonchev–Trinajstić information content (AvgIpc) is 2.17. The van der Waals surface area contributed by atoms with Crippen molar-refractivity contribution < 1.29 is 0 Å². The Labute approximate surface area is 90.3 Å². The van der Waals surface area contributed by atoms with E-state index in [1.807, 2.05) is 13.0 Å². The van der Waals surface area contributed by atoms with Gasteiger partial charge >= 0.3 is 0 Å². The minimum Gasteiger partial charge on any atom is -0.367 e. The van der Waals surface area contributed by atoms with E-state index < -0.39 is 0 Å². The fraction of sp³-hybridized carbons (Fsp3) is 0.636. The number of nitrogens with two attached hydrogens (primary N) is 1. The lowest BCUT2D eigenvalue weighted by Crippen LogP contribution is -2.61. The van der Waals surface area contributed by atoms with Gasteiger partial charge in [-0.3, -0.25) is 0 Å². The van der Waals surface area contributed by atoms with Crippen molar-refractivity contribution in [1.29, 1.82) is 0 Å². The zero-order chi connectivity index (χ0) is 11.1. The molecule has 1 heterocycles. The predicted molar refractivity (Wildman–Crippen MR) is 60.6 cm³/mol. The van der Waals surface area contributed by atoms with Gasteiger partial charge in [-0.1, -0.05) is 13.8 Å². The molecule has 1 aliphatic rings. The van der Waals surface area contributed by atoms with Crippen LogP contribution in [-0.4, -0.2) is 22.1 Å². The summed E-state index contributed by atoms with van der Waals surface area (Å²) < 4.78 is 0. The third kappa shape index (κ3) is 1.81. The second kappa shape index (κ2) is 3.45. The number of rotatable bonds is 2. The minimum atomic E-state index is 0.152. The van der Waals surface area contributed by atoms with Crippen LogP contribution in [0.5, 0.6) is 0 Å². The van der Waals surface area contributed by atoms with Crippen LogP contribution in [0.2, 0.25) is 0 Å². The van der Waals surface area contributed by atoms with E-state index in [4.69, 9.17) is 5.73 Å². The summed E-state index contributed by atoms with van der Waals surface area (Å²) in [5, 5.41) is 3.41. The summed E-state index contributed by atoms with van der Waals surface area (Å²) in [4.78, 5) is 8.26. The van der Waals surface area contributed by atoms with E-state index in [0.717, 1.165) is 17.9 Å². The maximum absolute atomic E-state index is 5.96. The largest absolute Gasteiger partial charge is 0.367 e. The Bertz CT molecular complexity index is 361. The topological polar surface area (TPSA) is 63.8 Å². The van der Waals surface area contributed by atoms with Crippen molar-refractivity contribution in [2.45, 2.75) is 39.3 Å². The quantitative estimate of drug-likeness (QED) is 0.766. The van der Waals surface area contributed by atoms with E-state index in [1.54, 1.807) is 6.33 Å². The molecule has 1 aliphatic carbocycles. The van der Waals surface area contributed by atoms with Crippen LogP contribution in [0.25, 0.3) is 0 Å². The van der Waals surface area contributed by atoms with Crippen molar-refractivity contribution in [3.8, 4) is 0 Å². The first-order valence-corrected chi connectivity index (χ1v) is 5.31. The molecule has 1 saturated carbocycles. The van der Waals surface area contributed by atoms with Crippen molar-refractivity contribution in [2.24, 2.45) is 11.1 Å². The third-order valence-electron chi connectivity index (χ3n) is 3.47. The standard InChI is InChI=1S/C11H18N4/c1-7-4-10(14-6-13-7)15-9-5-8(12)11(9,2)3/h4,6,8-9H,5,12H2,1-3H3,(H,13,14,15). The molecule has 2 unspecified atom stereocenters. The number of nitrogens with one attached hydrogen (secondary N) is 1. The Morgan fingerprint density at radius 1 is 1.47 bits per heavy atom. The number of aryl methyl sites for hydroxylation is 1. The first-order chi connectivity index (χ1) is 7.00. The lowest BCUT2D eigenvalue weighted by Gasteiger charge is -2.50. The highest BCUT2D eigenvalue weighted by atomic mass is 15.1. The first-order valence-electron chi connectivity index (χ1n) is 5.31. The van der Waals surface area contributed by atoms with Gasteiger partial charge in [-0.15, -0.1) is 0 Å². The van der Waals surface area contributed by atoms with Crippen LogP contribution in [0, 0.1) is 12.3 Å². The monoisotopic (exact) mass is 206 g/mol. The summed E-state index contributed by atoms with van der Waals surface area (Å²) in [6.07, 6.45) is 2.60. The molecule has 82 valence electrons.